The summed E-state index contributed by atoms with van der Waals surface area (Å²) in [6, 6.07) is 14.2. The third kappa shape index (κ3) is 8.85. The number of carbonyl (C=O) groups excluding carboxylic acids is 2. The highest BCUT2D eigenvalue weighted by atomic mass is 32.1. The van der Waals surface area contributed by atoms with Gasteiger partial charge in [0.1, 0.15) is 5.75 Å². The van der Waals surface area contributed by atoms with Crippen molar-refractivity contribution in [1.82, 2.24) is 10.2 Å². The van der Waals surface area contributed by atoms with Crippen molar-refractivity contribution in [2.45, 2.75) is 47.0 Å². The molecule has 6 nitrogen and oxygen atoms in total. The maximum absolute atomic E-state index is 12.9. The summed E-state index contributed by atoms with van der Waals surface area (Å²) in [6.07, 6.45) is 2.76. The Morgan fingerprint density at radius 2 is 1.67 bits per heavy atom. The van der Waals surface area contributed by atoms with E-state index in [1.165, 1.54) is 0 Å². The van der Waals surface area contributed by atoms with Gasteiger partial charge in [-0.3, -0.25) is 14.9 Å². The lowest BCUT2D eigenvalue weighted by Gasteiger charge is -2.21. The number of thiocarbonyl (C=S) groups is 1. The molecule has 0 aliphatic heterocycles. The van der Waals surface area contributed by atoms with Gasteiger partial charge in [-0.05, 0) is 73.8 Å². The number of nitrogens with zero attached hydrogens (tertiary/aromatic N) is 1. The molecule has 2 amide bonds. The predicted octanol–water partition coefficient (Wildman–Crippen LogP) is 5.50. The first-order chi connectivity index (χ1) is 15.8. The summed E-state index contributed by atoms with van der Waals surface area (Å²) in [7, 11) is 0. The van der Waals surface area contributed by atoms with E-state index in [1.54, 1.807) is 36.4 Å². The maximum atomic E-state index is 12.9. The zero-order chi connectivity index (χ0) is 24.2. The van der Waals surface area contributed by atoms with Crippen molar-refractivity contribution in [2.24, 2.45) is 5.92 Å². The first kappa shape index (κ1) is 26.3. The third-order valence-corrected chi connectivity index (χ3v) is 5.13. The van der Waals surface area contributed by atoms with Crippen LogP contribution in [0.15, 0.2) is 48.5 Å². The lowest BCUT2D eigenvalue weighted by Crippen LogP contribution is -2.34. The molecule has 0 aliphatic carbocycles. The summed E-state index contributed by atoms with van der Waals surface area (Å²) in [5, 5.41) is 5.85. The Labute approximate surface area is 202 Å². The van der Waals surface area contributed by atoms with Gasteiger partial charge in [0.2, 0.25) is 0 Å². The number of ether oxygens (including phenoxy) is 1. The van der Waals surface area contributed by atoms with E-state index in [1.807, 2.05) is 17.0 Å². The first-order valence-corrected chi connectivity index (χ1v) is 12.0. The molecule has 0 heterocycles. The Balaban J connectivity index is 1.98. The molecule has 0 aliphatic rings. The van der Waals surface area contributed by atoms with E-state index in [0.29, 0.717) is 35.1 Å². The Kier molecular flexibility index (Phi) is 10.8. The number of rotatable bonds is 11. The van der Waals surface area contributed by atoms with Crippen LogP contribution in [0.25, 0.3) is 0 Å². The normalized spacial score (nSPS) is 10.6. The van der Waals surface area contributed by atoms with Gasteiger partial charge in [0.25, 0.3) is 11.8 Å². The van der Waals surface area contributed by atoms with Crippen LogP contribution in [0.1, 0.15) is 67.7 Å². The summed E-state index contributed by atoms with van der Waals surface area (Å²) in [5.74, 6) is 0.866. The molecule has 2 aromatic rings. The minimum atomic E-state index is -0.328. The minimum Gasteiger partial charge on any atom is -0.494 e. The molecule has 33 heavy (non-hydrogen) atoms. The van der Waals surface area contributed by atoms with Crippen LogP contribution in [0.4, 0.5) is 5.69 Å². The number of nitrogens with one attached hydrogen (secondary N) is 2. The molecule has 2 rings (SSSR count). The van der Waals surface area contributed by atoms with Crippen LogP contribution in [0, 0.1) is 5.92 Å². The smallest absolute Gasteiger partial charge is 0.257 e. The maximum Gasteiger partial charge on any atom is 0.257 e. The highest BCUT2D eigenvalue weighted by Crippen LogP contribution is 2.16. The van der Waals surface area contributed by atoms with E-state index in [2.05, 4.69) is 38.3 Å². The Morgan fingerprint density at radius 3 is 2.33 bits per heavy atom. The molecular formula is C26H35N3O3S. The van der Waals surface area contributed by atoms with Gasteiger partial charge in [-0.2, -0.15) is 0 Å². The van der Waals surface area contributed by atoms with E-state index in [4.69, 9.17) is 17.0 Å². The number of anilines is 1. The molecule has 0 radical (unpaired) electrons. The molecule has 0 saturated heterocycles. The van der Waals surface area contributed by atoms with Crippen LogP contribution in [-0.4, -0.2) is 41.5 Å². The van der Waals surface area contributed by atoms with Gasteiger partial charge in [-0.15, -0.1) is 0 Å². The third-order valence-electron chi connectivity index (χ3n) is 4.93. The zero-order valence-electron chi connectivity index (χ0n) is 20.0. The van der Waals surface area contributed by atoms with Crippen molar-refractivity contribution in [3.8, 4) is 5.75 Å². The fourth-order valence-corrected chi connectivity index (χ4v) is 3.46. The highest BCUT2D eigenvalue weighted by molar-refractivity contribution is 7.80. The van der Waals surface area contributed by atoms with E-state index in [0.717, 1.165) is 32.4 Å². The van der Waals surface area contributed by atoms with Crippen molar-refractivity contribution in [1.29, 1.82) is 0 Å². The second-order valence-corrected chi connectivity index (χ2v) is 8.75. The van der Waals surface area contributed by atoms with Crippen LogP contribution in [0.5, 0.6) is 5.75 Å². The van der Waals surface area contributed by atoms with Crippen molar-refractivity contribution in [3.05, 3.63) is 59.7 Å². The SMILES string of the molecule is CCCN(CCC)C(=O)c1cccc(NC(=S)NC(=O)c2cccc(OCCC(C)C)c2)c1. The summed E-state index contributed by atoms with van der Waals surface area (Å²) in [4.78, 5) is 27.3. The molecule has 0 saturated carbocycles. The molecule has 7 heteroatoms. The number of carbonyl (C=O) groups is 2. The van der Waals surface area contributed by atoms with Gasteiger partial charge in [-0.25, -0.2) is 0 Å². The topological polar surface area (TPSA) is 70.7 Å². The zero-order valence-corrected chi connectivity index (χ0v) is 20.8. The molecule has 0 atom stereocenters. The molecule has 0 unspecified atom stereocenters. The monoisotopic (exact) mass is 469 g/mol. The van der Waals surface area contributed by atoms with Crippen LogP contribution in [0.2, 0.25) is 0 Å². The Bertz CT molecular complexity index is 940. The lowest BCUT2D eigenvalue weighted by atomic mass is 10.1. The molecule has 0 bridgehead atoms. The van der Waals surface area contributed by atoms with Crippen molar-refractivity contribution in [2.75, 3.05) is 25.0 Å². The first-order valence-electron chi connectivity index (χ1n) is 11.6. The average Bonchev–Trinajstić information content (AvgIpc) is 2.78. The Hall–Kier alpha value is -2.93. The quantitative estimate of drug-likeness (QED) is 0.425. The second kappa shape index (κ2) is 13.6. The fraction of sp³-hybridized carbons (Fsp3) is 0.423. The van der Waals surface area contributed by atoms with Gasteiger partial charge in [0, 0.05) is 29.9 Å². The van der Waals surface area contributed by atoms with Gasteiger partial charge in [0.15, 0.2) is 5.11 Å². The lowest BCUT2D eigenvalue weighted by molar-refractivity contribution is 0.0755. The van der Waals surface area contributed by atoms with Crippen LogP contribution in [0.3, 0.4) is 0 Å². The largest absolute Gasteiger partial charge is 0.494 e. The average molecular weight is 470 g/mol. The number of benzene rings is 2. The van der Waals surface area contributed by atoms with Gasteiger partial charge < -0.3 is 15.0 Å². The van der Waals surface area contributed by atoms with E-state index in [9.17, 15) is 9.59 Å². The fourth-order valence-electron chi connectivity index (χ4n) is 3.24. The summed E-state index contributed by atoms with van der Waals surface area (Å²) >= 11 is 5.32. The molecule has 0 fully saturated rings. The van der Waals surface area contributed by atoms with E-state index >= 15 is 0 Å². The van der Waals surface area contributed by atoms with Crippen LogP contribution in [-0.2, 0) is 0 Å². The van der Waals surface area contributed by atoms with Crippen molar-refractivity contribution < 1.29 is 14.3 Å². The predicted molar refractivity (Wildman–Crippen MR) is 138 cm³/mol. The number of hydrogen-bond donors (Lipinski definition) is 2. The van der Waals surface area contributed by atoms with Crippen LogP contribution >= 0.6 is 12.2 Å². The molecule has 2 N–H and O–H groups in total. The highest BCUT2D eigenvalue weighted by Gasteiger charge is 2.15. The van der Waals surface area contributed by atoms with Crippen LogP contribution < -0.4 is 15.4 Å². The van der Waals surface area contributed by atoms with Gasteiger partial charge >= 0.3 is 0 Å². The van der Waals surface area contributed by atoms with Gasteiger partial charge in [0.05, 0.1) is 6.61 Å². The van der Waals surface area contributed by atoms with E-state index in [-0.39, 0.29) is 16.9 Å². The molecule has 178 valence electrons. The molecular weight excluding hydrogens is 434 g/mol. The molecule has 2 aromatic carbocycles. The standard InChI is InChI=1S/C26H35N3O3S/c1-5-14-29(15-6-2)25(31)21-10-7-11-22(17-21)27-26(33)28-24(30)20-9-8-12-23(18-20)32-16-13-19(3)4/h7-12,17-19H,5-6,13-16H2,1-4H3,(H2,27,28,30,33). The minimum absolute atomic E-state index is 0.00779. The van der Waals surface area contributed by atoms with Crippen molar-refractivity contribution in [3.63, 3.8) is 0 Å². The summed E-state index contributed by atoms with van der Waals surface area (Å²) < 4.78 is 5.73. The number of amides is 2. The van der Waals surface area contributed by atoms with Crippen molar-refractivity contribution >= 4 is 34.8 Å². The summed E-state index contributed by atoms with van der Waals surface area (Å²) in [5.41, 5.74) is 1.69. The van der Waals surface area contributed by atoms with E-state index < -0.39 is 0 Å². The number of hydrogen-bond acceptors (Lipinski definition) is 4. The molecule has 0 aromatic heterocycles. The van der Waals surface area contributed by atoms with Gasteiger partial charge in [-0.1, -0.05) is 39.8 Å². The summed E-state index contributed by atoms with van der Waals surface area (Å²) in [6.45, 7) is 10.4. The Morgan fingerprint density at radius 1 is 1.00 bits per heavy atom. The molecule has 0 spiro atoms. The second-order valence-electron chi connectivity index (χ2n) is 8.34.